The number of aldehydes is 1. The van der Waals surface area contributed by atoms with Crippen LogP contribution in [0.1, 0.15) is 19.8 Å². The van der Waals surface area contributed by atoms with Crippen molar-refractivity contribution >= 4 is 18.3 Å². The summed E-state index contributed by atoms with van der Waals surface area (Å²) in [5, 5.41) is 11.0. The average molecular weight is 257 g/mol. The summed E-state index contributed by atoms with van der Waals surface area (Å²) in [4.78, 5) is 34.5. The van der Waals surface area contributed by atoms with Crippen molar-refractivity contribution in [2.45, 2.75) is 31.8 Å². The van der Waals surface area contributed by atoms with Gasteiger partial charge in [-0.25, -0.2) is 4.79 Å². The Balaban J connectivity index is 2.67. The Morgan fingerprint density at radius 2 is 2.28 bits per heavy atom. The molecule has 0 aromatic rings. The van der Waals surface area contributed by atoms with Gasteiger partial charge in [-0.2, -0.15) is 0 Å². The predicted octanol–water partition coefficient (Wildman–Crippen LogP) is -0.593. The summed E-state index contributed by atoms with van der Waals surface area (Å²) < 4.78 is 0. The minimum absolute atomic E-state index is 0.319. The molecule has 3 atom stereocenters. The van der Waals surface area contributed by atoms with Gasteiger partial charge in [0.1, 0.15) is 6.29 Å². The van der Waals surface area contributed by atoms with Crippen molar-refractivity contribution in [2.75, 3.05) is 13.1 Å². The molecule has 0 saturated carbocycles. The molecule has 1 aliphatic heterocycles. The second-order valence-corrected chi connectivity index (χ2v) is 4.61. The lowest BCUT2D eigenvalue weighted by Gasteiger charge is -2.28. The van der Waals surface area contributed by atoms with Crippen molar-refractivity contribution in [2.24, 2.45) is 11.7 Å². The van der Waals surface area contributed by atoms with Gasteiger partial charge in [-0.3, -0.25) is 9.69 Å². The highest BCUT2D eigenvalue weighted by molar-refractivity contribution is 5.80. The molecule has 1 rings (SSSR count). The predicted molar refractivity (Wildman–Crippen MR) is 64.0 cm³/mol. The summed E-state index contributed by atoms with van der Waals surface area (Å²) in [5.41, 5.74) is 5.29. The standard InChI is InChI=1S/C11H19N3O4/c1-7(6-15)8(13-11(17)18)5-14-4-2-3-9(14)10(12)16/h6-9,13H,2-5H2,1H3,(H2,12,16)(H,17,18)/t7?,8?,9-/m0/s1. The highest BCUT2D eigenvalue weighted by Crippen LogP contribution is 2.18. The maximum absolute atomic E-state index is 11.2. The van der Waals surface area contributed by atoms with Gasteiger partial charge < -0.3 is 21.0 Å². The van der Waals surface area contributed by atoms with Gasteiger partial charge in [0.25, 0.3) is 0 Å². The van der Waals surface area contributed by atoms with Crippen LogP contribution in [0, 0.1) is 5.92 Å². The van der Waals surface area contributed by atoms with Crippen molar-refractivity contribution in [1.82, 2.24) is 10.2 Å². The molecule has 7 nitrogen and oxygen atoms in total. The molecule has 2 amide bonds. The molecule has 2 unspecified atom stereocenters. The van der Waals surface area contributed by atoms with Crippen LogP contribution in [0.3, 0.4) is 0 Å². The van der Waals surface area contributed by atoms with Crippen molar-refractivity contribution in [3.05, 3.63) is 0 Å². The Labute approximate surface area is 105 Å². The van der Waals surface area contributed by atoms with Crippen LogP contribution in [0.2, 0.25) is 0 Å². The molecule has 0 spiro atoms. The second-order valence-electron chi connectivity index (χ2n) is 4.61. The van der Waals surface area contributed by atoms with Gasteiger partial charge in [0.15, 0.2) is 0 Å². The van der Waals surface area contributed by atoms with E-state index in [0.29, 0.717) is 25.8 Å². The molecule has 1 aliphatic rings. The van der Waals surface area contributed by atoms with E-state index < -0.39 is 24.0 Å². The third-order valence-electron chi connectivity index (χ3n) is 3.28. The van der Waals surface area contributed by atoms with Crippen LogP contribution in [0.5, 0.6) is 0 Å². The number of carbonyl (C=O) groups excluding carboxylic acids is 2. The normalized spacial score (nSPS) is 23.3. The first-order valence-corrected chi connectivity index (χ1v) is 5.93. The molecule has 7 heteroatoms. The molecular formula is C11H19N3O4. The van der Waals surface area contributed by atoms with E-state index in [1.165, 1.54) is 0 Å². The number of nitrogens with two attached hydrogens (primary N) is 1. The van der Waals surface area contributed by atoms with Gasteiger partial charge in [0, 0.05) is 12.5 Å². The zero-order valence-corrected chi connectivity index (χ0v) is 10.3. The van der Waals surface area contributed by atoms with Crippen molar-refractivity contribution in [3.63, 3.8) is 0 Å². The van der Waals surface area contributed by atoms with Crippen LogP contribution >= 0.6 is 0 Å². The fourth-order valence-electron chi connectivity index (χ4n) is 2.22. The molecule has 0 aromatic carbocycles. The van der Waals surface area contributed by atoms with Gasteiger partial charge in [-0.1, -0.05) is 6.92 Å². The Morgan fingerprint density at radius 3 is 2.78 bits per heavy atom. The van der Waals surface area contributed by atoms with E-state index in [-0.39, 0.29) is 6.04 Å². The number of amides is 2. The first kappa shape index (κ1) is 14.4. The first-order valence-electron chi connectivity index (χ1n) is 5.93. The van der Waals surface area contributed by atoms with E-state index in [9.17, 15) is 14.4 Å². The van der Waals surface area contributed by atoms with Gasteiger partial charge in [0.05, 0.1) is 12.1 Å². The maximum Gasteiger partial charge on any atom is 0.404 e. The fraction of sp³-hybridized carbons (Fsp3) is 0.727. The SMILES string of the molecule is CC(C=O)C(CN1CCC[C@H]1C(N)=O)NC(=O)O. The number of likely N-dealkylation sites (tertiary alicyclic amines) is 1. The van der Waals surface area contributed by atoms with E-state index in [2.05, 4.69) is 5.32 Å². The molecule has 0 aliphatic carbocycles. The lowest BCUT2D eigenvalue weighted by molar-refractivity contribution is -0.122. The Kier molecular flexibility index (Phi) is 5.08. The number of nitrogens with zero attached hydrogens (tertiary/aromatic N) is 1. The molecule has 0 aromatic heterocycles. The Hall–Kier alpha value is -1.63. The zero-order chi connectivity index (χ0) is 13.7. The smallest absolute Gasteiger partial charge is 0.404 e. The number of carboxylic acid groups (broad SMARTS) is 1. The number of nitrogens with one attached hydrogen (secondary N) is 1. The minimum Gasteiger partial charge on any atom is -0.465 e. The van der Waals surface area contributed by atoms with Gasteiger partial charge in [-0.15, -0.1) is 0 Å². The second kappa shape index (κ2) is 6.34. The molecule has 1 saturated heterocycles. The van der Waals surface area contributed by atoms with Crippen molar-refractivity contribution in [1.29, 1.82) is 0 Å². The Bertz CT molecular complexity index is 334. The number of hydrogen-bond donors (Lipinski definition) is 3. The monoisotopic (exact) mass is 257 g/mol. The van der Waals surface area contributed by atoms with Gasteiger partial charge in [0.2, 0.25) is 5.91 Å². The van der Waals surface area contributed by atoms with E-state index >= 15 is 0 Å². The van der Waals surface area contributed by atoms with Crippen molar-refractivity contribution in [3.8, 4) is 0 Å². The number of carbonyl (C=O) groups is 3. The quantitative estimate of drug-likeness (QED) is 0.550. The summed E-state index contributed by atoms with van der Waals surface area (Å²) in [6, 6.07) is -0.887. The van der Waals surface area contributed by atoms with Crippen LogP contribution < -0.4 is 11.1 Å². The molecule has 18 heavy (non-hydrogen) atoms. The van der Waals surface area contributed by atoms with Crippen LogP contribution in [-0.4, -0.2) is 53.5 Å². The summed E-state index contributed by atoms with van der Waals surface area (Å²) in [6.07, 6.45) is 1.06. The van der Waals surface area contributed by atoms with Crippen LogP contribution in [0.4, 0.5) is 4.79 Å². The first-order chi connectivity index (χ1) is 8.45. The van der Waals surface area contributed by atoms with Gasteiger partial charge >= 0.3 is 6.09 Å². The van der Waals surface area contributed by atoms with Crippen LogP contribution in [-0.2, 0) is 9.59 Å². The highest BCUT2D eigenvalue weighted by atomic mass is 16.4. The topological polar surface area (TPSA) is 113 Å². The summed E-state index contributed by atoms with van der Waals surface area (Å²) in [5.74, 6) is -0.851. The Morgan fingerprint density at radius 1 is 1.61 bits per heavy atom. The average Bonchev–Trinajstić information content (AvgIpc) is 2.74. The number of primary amides is 1. The maximum atomic E-state index is 11.2. The third-order valence-corrected chi connectivity index (χ3v) is 3.28. The van der Waals surface area contributed by atoms with E-state index in [1.807, 2.05) is 4.90 Å². The van der Waals surface area contributed by atoms with E-state index in [1.54, 1.807) is 6.92 Å². The third kappa shape index (κ3) is 3.69. The minimum atomic E-state index is -1.18. The molecule has 0 radical (unpaired) electrons. The van der Waals surface area contributed by atoms with E-state index in [0.717, 1.165) is 6.42 Å². The zero-order valence-electron chi connectivity index (χ0n) is 10.3. The van der Waals surface area contributed by atoms with Crippen molar-refractivity contribution < 1.29 is 19.5 Å². The summed E-state index contributed by atoms with van der Waals surface area (Å²) in [6.45, 7) is 2.65. The molecule has 0 bridgehead atoms. The molecule has 1 fully saturated rings. The fourth-order valence-corrected chi connectivity index (χ4v) is 2.22. The highest BCUT2D eigenvalue weighted by Gasteiger charge is 2.32. The summed E-state index contributed by atoms with van der Waals surface area (Å²) >= 11 is 0. The molecular weight excluding hydrogens is 238 g/mol. The van der Waals surface area contributed by atoms with Crippen LogP contribution in [0.15, 0.2) is 0 Å². The van der Waals surface area contributed by atoms with Gasteiger partial charge in [-0.05, 0) is 19.4 Å². The van der Waals surface area contributed by atoms with E-state index in [4.69, 9.17) is 10.8 Å². The lowest BCUT2D eigenvalue weighted by atomic mass is 10.0. The van der Waals surface area contributed by atoms with Crippen LogP contribution in [0.25, 0.3) is 0 Å². The lowest BCUT2D eigenvalue weighted by Crippen LogP contribution is -2.51. The largest absolute Gasteiger partial charge is 0.465 e. The molecule has 4 N–H and O–H groups in total. The molecule has 102 valence electrons. The summed E-state index contributed by atoms with van der Waals surface area (Å²) in [7, 11) is 0. The number of hydrogen-bond acceptors (Lipinski definition) is 4. The number of rotatable bonds is 6. The molecule has 1 heterocycles.